The summed E-state index contributed by atoms with van der Waals surface area (Å²) < 4.78 is 1.98. The zero-order valence-corrected chi connectivity index (χ0v) is 14.6. The van der Waals surface area contributed by atoms with Gasteiger partial charge in [0, 0.05) is 13.1 Å². The Balaban J connectivity index is 1.71. The second-order valence-electron chi connectivity index (χ2n) is 5.84. The Morgan fingerprint density at radius 3 is 2.46 bits per heavy atom. The van der Waals surface area contributed by atoms with Gasteiger partial charge in [0.15, 0.2) is 0 Å². The van der Waals surface area contributed by atoms with E-state index >= 15 is 0 Å². The van der Waals surface area contributed by atoms with Gasteiger partial charge >= 0.3 is 0 Å². The lowest BCUT2D eigenvalue weighted by Gasteiger charge is -2.31. The molecule has 3 aromatic rings. The number of hydrogen-bond donors (Lipinski definition) is 0. The van der Waals surface area contributed by atoms with Crippen LogP contribution in [0, 0.1) is 0 Å². The Kier molecular flexibility index (Phi) is 3.94. The summed E-state index contributed by atoms with van der Waals surface area (Å²) in [5, 5.41) is 4.37. The minimum absolute atomic E-state index is 0.141. The number of fused-ring (bicyclic) bond motifs is 1. The summed E-state index contributed by atoms with van der Waals surface area (Å²) in [5.41, 5.74) is 4.16. The van der Waals surface area contributed by atoms with Crippen molar-refractivity contribution in [2.24, 2.45) is 0 Å². The molecule has 2 aromatic carbocycles. The topological polar surface area (TPSA) is 38.1 Å². The standard InChI is InChI=1S/C19H16BrN3O/c20-18-17(22-11-10-14-6-4-5-7-15(14)13-22)12-21-23(19(18)24)16-8-2-1-3-9-16/h1-9,12H,10-11,13H2. The maximum absolute atomic E-state index is 12.7. The molecule has 0 unspecified atom stereocenters. The second kappa shape index (κ2) is 6.24. The molecule has 24 heavy (non-hydrogen) atoms. The van der Waals surface area contributed by atoms with Crippen LogP contribution in [0.3, 0.4) is 0 Å². The van der Waals surface area contributed by atoms with E-state index in [0.29, 0.717) is 4.47 Å². The largest absolute Gasteiger partial charge is 0.364 e. The van der Waals surface area contributed by atoms with E-state index in [0.717, 1.165) is 30.9 Å². The smallest absolute Gasteiger partial charge is 0.287 e. The molecule has 4 rings (SSSR count). The molecular formula is C19H16BrN3O. The first-order valence-electron chi connectivity index (χ1n) is 7.89. The molecule has 4 nitrogen and oxygen atoms in total. The van der Waals surface area contributed by atoms with Gasteiger partial charge in [-0.2, -0.15) is 9.78 Å². The molecule has 0 amide bonds. The zero-order chi connectivity index (χ0) is 16.5. The van der Waals surface area contributed by atoms with E-state index in [9.17, 15) is 4.79 Å². The van der Waals surface area contributed by atoms with Crippen molar-refractivity contribution in [2.75, 3.05) is 11.4 Å². The Bertz CT molecular complexity index is 937. The highest BCUT2D eigenvalue weighted by molar-refractivity contribution is 9.10. The number of para-hydroxylation sites is 1. The van der Waals surface area contributed by atoms with Gasteiger partial charge in [0.1, 0.15) is 4.47 Å². The Labute approximate surface area is 148 Å². The van der Waals surface area contributed by atoms with Crippen LogP contribution in [0.25, 0.3) is 5.69 Å². The van der Waals surface area contributed by atoms with Crippen molar-refractivity contribution in [1.29, 1.82) is 0 Å². The summed E-state index contributed by atoms with van der Waals surface area (Å²) in [4.78, 5) is 14.9. The second-order valence-corrected chi connectivity index (χ2v) is 6.63. The van der Waals surface area contributed by atoms with E-state index in [4.69, 9.17) is 0 Å². The maximum Gasteiger partial charge on any atom is 0.287 e. The van der Waals surface area contributed by atoms with Gasteiger partial charge in [-0.25, -0.2) is 0 Å². The number of aromatic nitrogens is 2. The first kappa shape index (κ1) is 15.1. The van der Waals surface area contributed by atoms with Gasteiger partial charge in [-0.15, -0.1) is 0 Å². The predicted octanol–water partition coefficient (Wildman–Crippen LogP) is 3.56. The van der Waals surface area contributed by atoms with Crippen LogP contribution in [0.15, 0.2) is 70.1 Å². The van der Waals surface area contributed by atoms with Crippen LogP contribution in [-0.2, 0) is 13.0 Å². The molecule has 0 saturated heterocycles. The number of halogens is 1. The summed E-state index contributed by atoms with van der Waals surface area (Å²) in [6.07, 6.45) is 2.75. The maximum atomic E-state index is 12.7. The highest BCUT2D eigenvalue weighted by atomic mass is 79.9. The van der Waals surface area contributed by atoms with Gasteiger partial charge in [-0.3, -0.25) is 4.79 Å². The fraction of sp³-hybridized carbons (Fsp3) is 0.158. The van der Waals surface area contributed by atoms with Gasteiger partial charge in [-0.1, -0.05) is 42.5 Å². The van der Waals surface area contributed by atoms with E-state index in [1.807, 2.05) is 30.3 Å². The molecule has 0 fully saturated rings. The summed E-state index contributed by atoms with van der Waals surface area (Å²) >= 11 is 3.49. The number of benzene rings is 2. The van der Waals surface area contributed by atoms with Crippen LogP contribution in [0.5, 0.6) is 0 Å². The predicted molar refractivity (Wildman–Crippen MR) is 98.7 cm³/mol. The third-order valence-electron chi connectivity index (χ3n) is 4.37. The molecule has 1 aliphatic heterocycles. The Hall–Kier alpha value is -2.40. The van der Waals surface area contributed by atoms with Crippen molar-refractivity contribution in [1.82, 2.24) is 9.78 Å². The molecule has 120 valence electrons. The molecule has 2 heterocycles. The van der Waals surface area contributed by atoms with Gasteiger partial charge in [0.05, 0.1) is 17.6 Å². The van der Waals surface area contributed by atoms with E-state index in [1.165, 1.54) is 15.8 Å². The fourth-order valence-electron chi connectivity index (χ4n) is 3.10. The normalized spacial score (nSPS) is 13.6. The van der Waals surface area contributed by atoms with Crippen molar-refractivity contribution in [3.05, 3.63) is 86.7 Å². The van der Waals surface area contributed by atoms with Crippen molar-refractivity contribution in [2.45, 2.75) is 13.0 Å². The van der Waals surface area contributed by atoms with Crippen molar-refractivity contribution >= 4 is 21.6 Å². The van der Waals surface area contributed by atoms with Gasteiger partial charge in [-0.05, 0) is 45.6 Å². The third-order valence-corrected chi connectivity index (χ3v) is 5.12. The van der Waals surface area contributed by atoms with Crippen LogP contribution in [0.2, 0.25) is 0 Å². The highest BCUT2D eigenvalue weighted by Gasteiger charge is 2.20. The summed E-state index contributed by atoms with van der Waals surface area (Å²) in [5.74, 6) is 0. The molecule has 1 aliphatic rings. The monoisotopic (exact) mass is 381 g/mol. The van der Waals surface area contributed by atoms with E-state index in [2.05, 4.69) is 50.2 Å². The third kappa shape index (κ3) is 2.65. The van der Waals surface area contributed by atoms with Gasteiger partial charge in [0.25, 0.3) is 5.56 Å². The molecule has 0 atom stereocenters. The van der Waals surface area contributed by atoms with E-state index < -0.39 is 0 Å². The van der Waals surface area contributed by atoms with Crippen LogP contribution < -0.4 is 10.5 Å². The van der Waals surface area contributed by atoms with Crippen molar-refractivity contribution < 1.29 is 0 Å². The summed E-state index contributed by atoms with van der Waals surface area (Å²) in [6, 6.07) is 17.9. The number of nitrogens with zero attached hydrogens (tertiary/aromatic N) is 3. The van der Waals surface area contributed by atoms with Crippen LogP contribution >= 0.6 is 15.9 Å². The van der Waals surface area contributed by atoms with E-state index in [1.54, 1.807) is 6.20 Å². The van der Waals surface area contributed by atoms with E-state index in [-0.39, 0.29) is 5.56 Å². The first-order valence-corrected chi connectivity index (χ1v) is 8.68. The lowest BCUT2D eigenvalue weighted by molar-refractivity contribution is 0.714. The number of hydrogen-bond acceptors (Lipinski definition) is 3. The molecule has 0 N–H and O–H groups in total. The minimum atomic E-state index is -0.141. The molecule has 0 spiro atoms. The first-order chi connectivity index (χ1) is 11.7. The van der Waals surface area contributed by atoms with Crippen LogP contribution in [-0.4, -0.2) is 16.3 Å². The summed E-state index contributed by atoms with van der Waals surface area (Å²) in [7, 11) is 0. The minimum Gasteiger partial charge on any atom is -0.364 e. The SMILES string of the molecule is O=c1c(Br)c(N2CCc3ccccc3C2)cnn1-c1ccccc1. The Morgan fingerprint density at radius 1 is 0.958 bits per heavy atom. The molecule has 0 bridgehead atoms. The zero-order valence-electron chi connectivity index (χ0n) is 13.0. The average Bonchev–Trinajstić information content (AvgIpc) is 2.64. The van der Waals surface area contributed by atoms with Crippen molar-refractivity contribution in [3.63, 3.8) is 0 Å². The van der Waals surface area contributed by atoms with Crippen LogP contribution in [0.4, 0.5) is 5.69 Å². The number of rotatable bonds is 2. The average molecular weight is 382 g/mol. The van der Waals surface area contributed by atoms with Crippen LogP contribution in [0.1, 0.15) is 11.1 Å². The van der Waals surface area contributed by atoms with Crippen molar-refractivity contribution in [3.8, 4) is 5.69 Å². The van der Waals surface area contributed by atoms with Gasteiger partial charge < -0.3 is 4.90 Å². The van der Waals surface area contributed by atoms with Gasteiger partial charge in [0.2, 0.25) is 0 Å². The molecule has 5 heteroatoms. The molecule has 0 aliphatic carbocycles. The number of anilines is 1. The lowest BCUT2D eigenvalue weighted by atomic mass is 10.00. The molecule has 1 aromatic heterocycles. The summed E-state index contributed by atoms with van der Waals surface area (Å²) in [6.45, 7) is 1.68. The molecule has 0 radical (unpaired) electrons. The Morgan fingerprint density at radius 2 is 1.67 bits per heavy atom. The lowest BCUT2D eigenvalue weighted by Crippen LogP contribution is -2.33. The molecular weight excluding hydrogens is 366 g/mol. The quantitative estimate of drug-likeness (QED) is 0.680. The molecule has 0 saturated carbocycles. The fourth-order valence-corrected chi connectivity index (χ4v) is 3.62. The highest BCUT2D eigenvalue weighted by Crippen LogP contribution is 2.28.